The number of carbonyl (C=O) groups is 1. The second-order valence-electron chi connectivity index (χ2n) is 10.8. The molecular formula is C30H35FN4O5. The van der Waals surface area contributed by atoms with Gasteiger partial charge in [-0.3, -0.25) is 0 Å². The maximum Gasteiger partial charge on any atom is 0.414 e. The first-order valence-corrected chi connectivity index (χ1v) is 14.0. The fourth-order valence-corrected chi connectivity index (χ4v) is 5.63. The van der Waals surface area contributed by atoms with Gasteiger partial charge in [-0.05, 0) is 49.9 Å². The zero-order valence-corrected chi connectivity index (χ0v) is 22.4. The minimum Gasteiger partial charge on any atom is -0.488 e. The molecule has 2 aliphatic heterocycles. The van der Waals surface area contributed by atoms with Crippen molar-refractivity contribution in [2.24, 2.45) is 0 Å². The fraction of sp³-hybridized carbons (Fsp3) is 0.433. The van der Waals surface area contributed by atoms with Crippen molar-refractivity contribution >= 4 is 28.0 Å². The zero-order chi connectivity index (χ0) is 27.5. The zero-order valence-electron chi connectivity index (χ0n) is 22.4. The molecule has 9 nitrogen and oxygen atoms in total. The first-order chi connectivity index (χ1) is 19.5. The lowest BCUT2D eigenvalue weighted by Gasteiger charge is -2.35. The van der Waals surface area contributed by atoms with Gasteiger partial charge in [-0.15, -0.1) is 0 Å². The fourth-order valence-electron chi connectivity index (χ4n) is 5.63. The van der Waals surface area contributed by atoms with Gasteiger partial charge in [-0.1, -0.05) is 6.07 Å². The number of aromatic amines is 1. The molecule has 2 aromatic carbocycles. The number of carbonyl (C=O) groups excluding carboxylic acids is 1. The molecule has 2 aromatic heterocycles. The number of aromatic nitrogens is 1. The number of hydrogen-bond donors (Lipinski definition) is 3. The number of benzene rings is 2. The van der Waals surface area contributed by atoms with Gasteiger partial charge < -0.3 is 39.1 Å². The lowest BCUT2D eigenvalue weighted by atomic mass is 10.1. The molecule has 2 saturated heterocycles. The number of fused-ring (bicyclic) bond motifs is 2. The number of rotatable bonds is 8. The van der Waals surface area contributed by atoms with Crippen molar-refractivity contribution in [1.82, 2.24) is 20.1 Å². The van der Waals surface area contributed by atoms with Crippen LogP contribution in [0.1, 0.15) is 31.2 Å². The van der Waals surface area contributed by atoms with Crippen molar-refractivity contribution in [3.63, 3.8) is 0 Å². The smallest absolute Gasteiger partial charge is 0.414 e. The van der Waals surface area contributed by atoms with Crippen LogP contribution in [0.25, 0.3) is 21.9 Å². The van der Waals surface area contributed by atoms with Gasteiger partial charge >= 0.3 is 6.09 Å². The molecule has 0 aliphatic carbocycles. The van der Waals surface area contributed by atoms with E-state index in [-0.39, 0.29) is 24.6 Å². The molecule has 40 heavy (non-hydrogen) atoms. The van der Waals surface area contributed by atoms with Gasteiger partial charge in [-0.25, -0.2) is 9.18 Å². The standard InChI is InChI=1S/C30H35FN4O5/c31-21-4-5-24-20(19-39-28(24)16-21)18-38-27-3-1-2-26-25(27)17-29(33-26)40-30(37)32-22-6-10-34(11-7-22)14-15-35-12-8-23(36)9-13-35/h1-5,16-17,19,22-23,33,36H,6-15,18H2,(H,32,37). The van der Waals surface area contributed by atoms with E-state index in [4.69, 9.17) is 13.9 Å². The molecule has 0 saturated carbocycles. The second kappa shape index (κ2) is 11.9. The highest BCUT2D eigenvalue weighted by Gasteiger charge is 2.23. The van der Waals surface area contributed by atoms with Crippen LogP contribution in [0.3, 0.4) is 0 Å². The van der Waals surface area contributed by atoms with E-state index in [1.165, 1.54) is 12.1 Å². The van der Waals surface area contributed by atoms with Gasteiger partial charge in [-0.2, -0.15) is 0 Å². The van der Waals surface area contributed by atoms with E-state index >= 15 is 0 Å². The summed E-state index contributed by atoms with van der Waals surface area (Å²) in [5, 5.41) is 14.3. The van der Waals surface area contributed by atoms with Gasteiger partial charge in [0, 0.05) is 73.8 Å². The van der Waals surface area contributed by atoms with Crippen LogP contribution in [0.4, 0.5) is 9.18 Å². The van der Waals surface area contributed by atoms with Gasteiger partial charge in [0.15, 0.2) is 0 Å². The summed E-state index contributed by atoms with van der Waals surface area (Å²) in [6.45, 7) is 6.11. The van der Waals surface area contributed by atoms with Crippen LogP contribution >= 0.6 is 0 Å². The molecule has 4 aromatic rings. The molecule has 6 rings (SSSR count). The average Bonchev–Trinajstić information content (AvgIpc) is 3.55. The van der Waals surface area contributed by atoms with Crippen molar-refractivity contribution in [3.05, 3.63) is 60.1 Å². The summed E-state index contributed by atoms with van der Waals surface area (Å²) in [4.78, 5) is 20.7. The quantitative estimate of drug-likeness (QED) is 0.294. The molecule has 212 valence electrons. The van der Waals surface area contributed by atoms with Crippen LogP contribution in [-0.4, -0.2) is 77.4 Å². The maximum absolute atomic E-state index is 13.5. The van der Waals surface area contributed by atoms with Gasteiger partial charge in [0.2, 0.25) is 5.88 Å². The van der Waals surface area contributed by atoms with Crippen molar-refractivity contribution in [3.8, 4) is 11.6 Å². The van der Waals surface area contributed by atoms with Crippen molar-refractivity contribution in [1.29, 1.82) is 0 Å². The molecule has 0 spiro atoms. The number of H-pyrrole nitrogens is 1. The number of furan rings is 1. The molecule has 0 radical (unpaired) electrons. The normalized spacial score (nSPS) is 17.9. The Kier molecular flexibility index (Phi) is 7.90. The Morgan fingerprint density at radius 3 is 2.55 bits per heavy atom. The molecule has 1 amide bonds. The van der Waals surface area contributed by atoms with Crippen LogP contribution in [-0.2, 0) is 6.61 Å². The molecule has 0 unspecified atom stereocenters. The van der Waals surface area contributed by atoms with Crippen LogP contribution in [0.5, 0.6) is 11.6 Å². The van der Waals surface area contributed by atoms with E-state index < -0.39 is 6.09 Å². The molecule has 0 bridgehead atoms. The SMILES string of the molecule is O=C(NC1CCN(CCN2CCC(O)CC2)CC1)Oc1cc2c(OCc3coc4cc(F)ccc34)cccc2[nH]1. The average molecular weight is 551 g/mol. The van der Waals surface area contributed by atoms with Gasteiger partial charge in [0.05, 0.1) is 17.9 Å². The Bertz CT molecular complexity index is 1450. The number of amides is 1. The van der Waals surface area contributed by atoms with E-state index in [0.29, 0.717) is 17.2 Å². The van der Waals surface area contributed by atoms with Crippen LogP contribution in [0.15, 0.2) is 53.1 Å². The maximum atomic E-state index is 13.5. The number of halogens is 1. The number of nitrogens with one attached hydrogen (secondary N) is 2. The van der Waals surface area contributed by atoms with E-state index in [2.05, 4.69) is 20.1 Å². The summed E-state index contributed by atoms with van der Waals surface area (Å²) in [5.41, 5.74) is 2.08. The van der Waals surface area contributed by atoms with E-state index in [1.54, 1.807) is 18.4 Å². The first kappa shape index (κ1) is 26.6. The van der Waals surface area contributed by atoms with E-state index in [9.17, 15) is 14.3 Å². The number of aliphatic hydroxyl groups is 1. The predicted molar refractivity (Wildman–Crippen MR) is 149 cm³/mol. The van der Waals surface area contributed by atoms with E-state index in [1.807, 2.05) is 18.2 Å². The number of aliphatic hydroxyl groups excluding tert-OH is 1. The predicted octanol–water partition coefficient (Wildman–Crippen LogP) is 4.64. The van der Waals surface area contributed by atoms with Crippen LogP contribution < -0.4 is 14.8 Å². The minimum atomic E-state index is -0.476. The van der Waals surface area contributed by atoms with Crippen molar-refractivity contribution < 1.29 is 28.2 Å². The molecule has 2 fully saturated rings. The summed E-state index contributed by atoms with van der Waals surface area (Å²) < 4.78 is 30.6. The monoisotopic (exact) mass is 550 g/mol. The summed E-state index contributed by atoms with van der Waals surface area (Å²) >= 11 is 0. The highest BCUT2D eigenvalue weighted by molar-refractivity contribution is 5.88. The first-order valence-electron chi connectivity index (χ1n) is 14.0. The van der Waals surface area contributed by atoms with Gasteiger partial charge in [0.1, 0.15) is 23.8 Å². The third kappa shape index (κ3) is 6.24. The van der Waals surface area contributed by atoms with Crippen molar-refractivity contribution in [2.45, 2.75) is 44.4 Å². The third-order valence-corrected chi connectivity index (χ3v) is 8.00. The number of ether oxygens (including phenoxy) is 2. The number of likely N-dealkylation sites (tertiary alicyclic amines) is 2. The van der Waals surface area contributed by atoms with Gasteiger partial charge in [0.25, 0.3) is 0 Å². The Morgan fingerprint density at radius 2 is 1.77 bits per heavy atom. The number of hydrogen-bond acceptors (Lipinski definition) is 7. The summed E-state index contributed by atoms with van der Waals surface area (Å²) in [7, 11) is 0. The second-order valence-corrected chi connectivity index (χ2v) is 10.8. The van der Waals surface area contributed by atoms with Crippen molar-refractivity contribution in [2.75, 3.05) is 39.3 Å². The number of nitrogens with zero attached hydrogens (tertiary/aromatic N) is 2. The summed E-state index contributed by atoms with van der Waals surface area (Å²) in [6.07, 6.45) is 4.46. The summed E-state index contributed by atoms with van der Waals surface area (Å²) in [6, 6.07) is 11.9. The molecule has 0 atom stereocenters. The largest absolute Gasteiger partial charge is 0.488 e. The van der Waals surface area contributed by atoms with E-state index in [0.717, 1.165) is 86.8 Å². The van der Waals surface area contributed by atoms with Crippen LogP contribution in [0.2, 0.25) is 0 Å². The topological polar surface area (TPSA) is 103 Å². The molecule has 10 heteroatoms. The Hall–Kier alpha value is -3.60. The summed E-state index contributed by atoms with van der Waals surface area (Å²) in [5.74, 6) is 0.630. The number of piperidine rings is 2. The Labute approximate surface area is 231 Å². The Morgan fingerprint density at radius 1 is 1.02 bits per heavy atom. The molecule has 2 aliphatic rings. The van der Waals surface area contributed by atoms with Crippen LogP contribution in [0, 0.1) is 5.82 Å². The minimum absolute atomic E-state index is 0.0791. The lowest BCUT2D eigenvalue weighted by Crippen LogP contribution is -2.47. The lowest BCUT2D eigenvalue weighted by molar-refractivity contribution is 0.0739. The molecule has 4 heterocycles. The third-order valence-electron chi connectivity index (χ3n) is 8.00. The molecular weight excluding hydrogens is 515 g/mol. The molecule has 3 N–H and O–H groups in total. The Balaban J connectivity index is 0.988. The highest BCUT2D eigenvalue weighted by Crippen LogP contribution is 2.31. The highest BCUT2D eigenvalue weighted by atomic mass is 19.1.